The average molecular weight is 451 g/mol. The van der Waals surface area contributed by atoms with E-state index in [1.54, 1.807) is 24.7 Å². The third-order valence-electron chi connectivity index (χ3n) is 5.27. The maximum absolute atomic E-state index is 12.8. The number of aromatic amines is 2. The first-order valence-corrected chi connectivity index (χ1v) is 10.4. The van der Waals surface area contributed by atoms with Gasteiger partial charge in [-0.1, -0.05) is 0 Å². The third-order valence-corrected chi connectivity index (χ3v) is 5.27. The normalized spacial score (nSPS) is 11.9. The highest BCUT2D eigenvalue weighted by Gasteiger charge is 2.14. The molecule has 0 saturated carbocycles. The molecule has 0 spiro atoms. The van der Waals surface area contributed by atoms with Gasteiger partial charge in [0, 0.05) is 46.1 Å². The Labute approximate surface area is 193 Å². The van der Waals surface area contributed by atoms with Crippen LogP contribution in [0.4, 0.5) is 11.5 Å². The highest BCUT2D eigenvalue weighted by molar-refractivity contribution is 6.08. The number of carbonyl (C=O) groups excluding carboxylic acids is 1. The standard InChI is InChI=1S/C24H21N9O/c25-7-5-17(11-26)31-24(34)19-13-28-21-3-1-14(10-18(19)21)23-27-8-6-22(32-23)30-16-2-4-20-15(9-16)12-29-33-20/h1-13,28H,25-26H2,(H,29,33)(H,31,34)(H,27,30,32)/b7-5-,17-11+. The Morgan fingerprint density at radius 2 is 1.94 bits per heavy atom. The Morgan fingerprint density at radius 3 is 2.79 bits per heavy atom. The van der Waals surface area contributed by atoms with Gasteiger partial charge in [-0.3, -0.25) is 9.89 Å². The zero-order chi connectivity index (χ0) is 23.5. The van der Waals surface area contributed by atoms with Crippen molar-refractivity contribution in [2.75, 3.05) is 5.32 Å². The average Bonchev–Trinajstić information content (AvgIpc) is 3.50. The fourth-order valence-electron chi connectivity index (χ4n) is 3.62. The number of nitrogens with two attached hydrogens (primary N) is 2. The van der Waals surface area contributed by atoms with E-state index >= 15 is 0 Å². The molecule has 5 rings (SSSR count). The molecule has 0 aliphatic heterocycles. The molecular weight excluding hydrogens is 430 g/mol. The zero-order valence-electron chi connectivity index (χ0n) is 17.9. The molecule has 0 aliphatic rings. The number of anilines is 2. The summed E-state index contributed by atoms with van der Waals surface area (Å²) in [5, 5.41) is 14.7. The fourth-order valence-corrected chi connectivity index (χ4v) is 3.62. The first-order chi connectivity index (χ1) is 16.6. The molecule has 10 nitrogen and oxygen atoms in total. The van der Waals surface area contributed by atoms with Crippen LogP contribution in [0.2, 0.25) is 0 Å². The molecule has 0 bridgehead atoms. The molecule has 0 radical (unpaired) electrons. The minimum absolute atomic E-state index is 0.316. The summed E-state index contributed by atoms with van der Waals surface area (Å²) in [5.74, 6) is 0.855. The van der Waals surface area contributed by atoms with Crippen molar-refractivity contribution in [1.29, 1.82) is 0 Å². The predicted octanol–water partition coefficient (Wildman–Crippen LogP) is 3.25. The highest BCUT2D eigenvalue weighted by atomic mass is 16.1. The van der Waals surface area contributed by atoms with Gasteiger partial charge in [0.15, 0.2) is 5.82 Å². The molecule has 8 N–H and O–H groups in total. The Kier molecular flexibility index (Phi) is 5.37. The lowest BCUT2D eigenvalue weighted by atomic mass is 10.1. The van der Waals surface area contributed by atoms with Crippen LogP contribution in [0.5, 0.6) is 0 Å². The number of rotatable bonds is 6. The Bertz CT molecular complexity index is 1560. The molecule has 0 saturated heterocycles. The van der Waals surface area contributed by atoms with Gasteiger partial charge in [0.1, 0.15) is 5.82 Å². The van der Waals surface area contributed by atoms with Gasteiger partial charge in [-0.2, -0.15) is 5.10 Å². The zero-order valence-corrected chi connectivity index (χ0v) is 17.9. The molecule has 3 heterocycles. The van der Waals surface area contributed by atoms with Gasteiger partial charge < -0.3 is 27.1 Å². The molecular formula is C24H21N9O. The second-order valence-electron chi connectivity index (χ2n) is 7.46. The van der Waals surface area contributed by atoms with E-state index in [0.717, 1.165) is 33.1 Å². The van der Waals surface area contributed by atoms with Crippen LogP contribution in [0.15, 0.2) is 85.2 Å². The number of nitrogens with zero attached hydrogens (tertiary/aromatic N) is 3. The number of H-pyrrole nitrogens is 2. The van der Waals surface area contributed by atoms with Crippen molar-refractivity contribution in [2.24, 2.45) is 11.5 Å². The number of carbonyl (C=O) groups is 1. The van der Waals surface area contributed by atoms with Crippen molar-refractivity contribution in [2.45, 2.75) is 0 Å². The van der Waals surface area contributed by atoms with Gasteiger partial charge in [-0.25, -0.2) is 9.97 Å². The van der Waals surface area contributed by atoms with Crippen LogP contribution >= 0.6 is 0 Å². The number of hydrogen-bond donors (Lipinski definition) is 6. The topological polar surface area (TPSA) is 163 Å². The number of nitrogens with one attached hydrogen (secondary N) is 4. The van der Waals surface area contributed by atoms with E-state index < -0.39 is 0 Å². The van der Waals surface area contributed by atoms with Gasteiger partial charge in [0.25, 0.3) is 5.91 Å². The maximum Gasteiger partial charge on any atom is 0.257 e. The second kappa shape index (κ2) is 8.79. The Hall–Kier alpha value is -5.12. The van der Waals surface area contributed by atoms with Crippen LogP contribution in [0.1, 0.15) is 10.4 Å². The fraction of sp³-hybridized carbons (Fsp3) is 0. The smallest absolute Gasteiger partial charge is 0.257 e. The summed E-state index contributed by atoms with van der Waals surface area (Å²) in [4.78, 5) is 25.0. The summed E-state index contributed by atoms with van der Waals surface area (Å²) < 4.78 is 0. The summed E-state index contributed by atoms with van der Waals surface area (Å²) in [5.41, 5.74) is 15.2. The van der Waals surface area contributed by atoms with Gasteiger partial charge >= 0.3 is 0 Å². The van der Waals surface area contributed by atoms with Crippen LogP contribution in [-0.2, 0) is 0 Å². The van der Waals surface area contributed by atoms with Gasteiger partial charge in [-0.05, 0) is 54.7 Å². The van der Waals surface area contributed by atoms with Crippen LogP contribution in [0, 0.1) is 0 Å². The molecule has 0 aliphatic carbocycles. The largest absolute Gasteiger partial charge is 0.405 e. The molecule has 0 unspecified atom stereocenters. The summed E-state index contributed by atoms with van der Waals surface area (Å²) in [6, 6.07) is 13.3. The van der Waals surface area contributed by atoms with E-state index in [1.807, 2.05) is 36.4 Å². The third kappa shape index (κ3) is 4.02. The van der Waals surface area contributed by atoms with Crippen molar-refractivity contribution in [3.05, 3.63) is 90.8 Å². The molecule has 34 heavy (non-hydrogen) atoms. The SMILES string of the molecule is N/C=C\C(=C/N)NC(=O)c1c[nH]c2ccc(-c3nccc(Nc4ccc5[nH]ncc5c4)n3)cc12. The number of aromatic nitrogens is 5. The quantitative estimate of drug-likeness (QED) is 0.216. The van der Waals surface area contributed by atoms with Crippen LogP contribution < -0.4 is 22.1 Å². The lowest BCUT2D eigenvalue weighted by Gasteiger charge is -2.08. The monoisotopic (exact) mass is 451 g/mol. The van der Waals surface area contributed by atoms with Crippen molar-refractivity contribution in [1.82, 2.24) is 30.5 Å². The minimum atomic E-state index is -0.316. The number of fused-ring (bicyclic) bond motifs is 2. The number of hydrogen-bond acceptors (Lipinski definition) is 7. The maximum atomic E-state index is 12.8. The van der Waals surface area contributed by atoms with E-state index in [1.165, 1.54) is 18.5 Å². The Balaban J connectivity index is 1.44. The van der Waals surface area contributed by atoms with E-state index in [9.17, 15) is 4.79 Å². The summed E-state index contributed by atoms with van der Waals surface area (Å²) in [7, 11) is 0. The number of amides is 1. The molecule has 5 aromatic rings. The van der Waals surface area contributed by atoms with Crippen LogP contribution in [0.25, 0.3) is 33.2 Å². The summed E-state index contributed by atoms with van der Waals surface area (Å²) in [6.07, 6.45) is 9.19. The molecule has 3 aromatic heterocycles. The molecule has 2 aromatic carbocycles. The number of allylic oxidation sites excluding steroid dienone is 1. The van der Waals surface area contributed by atoms with E-state index in [-0.39, 0.29) is 5.91 Å². The van der Waals surface area contributed by atoms with Crippen molar-refractivity contribution < 1.29 is 4.79 Å². The first-order valence-electron chi connectivity index (χ1n) is 10.4. The minimum Gasteiger partial charge on any atom is -0.405 e. The molecule has 10 heteroatoms. The lowest BCUT2D eigenvalue weighted by molar-refractivity contribution is 0.0968. The number of benzene rings is 2. The molecule has 0 fully saturated rings. The second-order valence-corrected chi connectivity index (χ2v) is 7.46. The summed E-state index contributed by atoms with van der Waals surface area (Å²) >= 11 is 0. The Morgan fingerprint density at radius 1 is 1.06 bits per heavy atom. The van der Waals surface area contributed by atoms with Gasteiger partial charge in [0.2, 0.25) is 0 Å². The molecule has 168 valence electrons. The van der Waals surface area contributed by atoms with Crippen molar-refractivity contribution in [3.63, 3.8) is 0 Å². The molecule has 1 amide bonds. The van der Waals surface area contributed by atoms with Crippen molar-refractivity contribution >= 4 is 39.2 Å². The van der Waals surface area contributed by atoms with Gasteiger partial charge in [-0.15, -0.1) is 0 Å². The van der Waals surface area contributed by atoms with Gasteiger partial charge in [0.05, 0.1) is 23.0 Å². The highest BCUT2D eigenvalue weighted by Crippen LogP contribution is 2.26. The molecule has 0 atom stereocenters. The predicted molar refractivity (Wildman–Crippen MR) is 132 cm³/mol. The van der Waals surface area contributed by atoms with E-state index in [4.69, 9.17) is 11.5 Å². The summed E-state index contributed by atoms with van der Waals surface area (Å²) in [6.45, 7) is 0. The van der Waals surface area contributed by atoms with Crippen LogP contribution in [0.3, 0.4) is 0 Å². The first kappa shape index (κ1) is 20.8. The van der Waals surface area contributed by atoms with Crippen LogP contribution in [-0.4, -0.2) is 31.1 Å². The van der Waals surface area contributed by atoms with E-state index in [2.05, 4.69) is 35.8 Å². The lowest BCUT2D eigenvalue weighted by Crippen LogP contribution is -2.22. The van der Waals surface area contributed by atoms with Crippen molar-refractivity contribution in [3.8, 4) is 11.4 Å². The van der Waals surface area contributed by atoms with E-state index in [0.29, 0.717) is 22.9 Å².